The van der Waals surface area contributed by atoms with E-state index in [1.807, 2.05) is 39.0 Å². The van der Waals surface area contributed by atoms with E-state index in [1.54, 1.807) is 48.5 Å². The minimum Gasteiger partial charge on any atom is -0.492 e. The number of hydrogen-bond acceptors (Lipinski definition) is 4. The summed E-state index contributed by atoms with van der Waals surface area (Å²) < 4.78 is 11.5. The van der Waals surface area contributed by atoms with Gasteiger partial charge in [-0.1, -0.05) is 35.9 Å². The van der Waals surface area contributed by atoms with E-state index in [-0.39, 0.29) is 11.8 Å². The standard InChI is InChI=1S/C25H26N2O4/c1-4-30-22-16-21(27-25(29)19-13-11-17(3)12-14-19)23(31-5-2)15-20(22)26-24(28)18-9-7-6-8-10-18/h6-16H,4-5H2,1-3H3,(H,26,28)(H,27,29). The first-order chi connectivity index (χ1) is 15.0. The molecule has 0 unspecified atom stereocenters. The average Bonchev–Trinajstić information content (AvgIpc) is 2.77. The predicted molar refractivity (Wildman–Crippen MR) is 122 cm³/mol. The van der Waals surface area contributed by atoms with Crippen molar-refractivity contribution in [2.75, 3.05) is 23.8 Å². The normalized spacial score (nSPS) is 10.3. The lowest BCUT2D eigenvalue weighted by Gasteiger charge is -2.18. The second-order valence-corrected chi connectivity index (χ2v) is 6.85. The molecule has 6 nitrogen and oxygen atoms in total. The van der Waals surface area contributed by atoms with E-state index in [0.717, 1.165) is 5.56 Å². The quantitative estimate of drug-likeness (QED) is 0.521. The molecule has 0 atom stereocenters. The lowest BCUT2D eigenvalue weighted by Crippen LogP contribution is -2.15. The van der Waals surface area contributed by atoms with Crippen molar-refractivity contribution < 1.29 is 19.1 Å². The van der Waals surface area contributed by atoms with Crippen LogP contribution in [0.2, 0.25) is 0 Å². The highest BCUT2D eigenvalue weighted by Crippen LogP contribution is 2.37. The Morgan fingerprint density at radius 1 is 0.710 bits per heavy atom. The fraction of sp³-hybridized carbons (Fsp3) is 0.200. The van der Waals surface area contributed by atoms with Crippen molar-refractivity contribution in [3.05, 3.63) is 83.4 Å². The van der Waals surface area contributed by atoms with Crippen molar-refractivity contribution in [3.63, 3.8) is 0 Å². The molecular formula is C25H26N2O4. The van der Waals surface area contributed by atoms with Crippen LogP contribution in [-0.4, -0.2) is 25.0 Å². The summed E-state index contributed by atoms with van der Waals surface area (Å²) in [5, 5.41) is 5.76. The molecule has 0 heterocycles. The molecule has 0 spiro atoms. The zero-order valence-electron chi connectivity index (χ0n) is 17.9. The van der Waals surface area contributed by atoms with Gasteiger partial charge in [-0.3, -0.25) is 9.59 Å². The van der Waals surface area contributed by atoms with Crippen LogP contribution in [0.25, 0.3) is 0 Å². The molecule has 6 heteroatoms. The summed E-state index contributed by atoms with van der Waals surface area (Å²) in [6.45, 7) is 6.46. The van der Waals surface area contributed by atoms with E-state index in [1.165, 1.54) is 0 Å². The van der Waals surface area contributed by atoms with Crippen molar-refractivity contribution in [1.82, 2.24) is 0 Å². The van der Waals surface area contributed by atoms with Crippen molar-refractivity contribution in [1.29, 1.82) is 0 Å². The van der Waals surface area contributed by atoms with Gasteiger partial charge in [0, 0.05) is 23.3 Å². The summed E-state index contributed by atoms with van der Waals surface area (Å²) in [6, 6.07) is 19.5. The van der Waals surface area contributed by atoms with Crippen LogP contribution < -0.4 is 20.1 Å². The van der Waals surface area contributed by atoms with Crippen LogP contribution >= 0.6 is 0 Å². The molecule has 160 valence electrons. The van der Waals surface area contributed by atoms with Gasteiger partial charge in [0.15, 0.2) is 0 Å². The van der Waals surface area contributed by atoms with Crippen LogP contribution in [0.3, 0.4) is 0 Å². The Labute approximate surface area is 182 Å². The maximum atomic E-state index is 12.7. The van der Waals surface area contributed by atoms with Crippen LogP contribution in [0.1, 0.15) is 40.1 Å². The van der Waals surface area contributed by atoms with E-state index in [9.17, 15) is 9.59 Å². The van der Waals surface area contributed by atoms with Gasteiger partial charge >= 0.3 is 0 Å². The van der Waals surface area contributed by atoms with Gasteiger partial charge in [-0.2, -0.15) is 0 Å². The molecule has 0 aliphatic heterocycles. The summed E-state index contributed by atoms with van der Waals surface area (Å²) in [7, 11) is 0. The second kappa shape index (κ2) is 10.3. The summed E-state index contributed by atoms with van der Waals surface area (Å²) in [5.74, 6) is 0.356. The molecule has 0 aromatic heterocycles. The number of nitrogens with one attached hydrogen (secondary N) is 2. The van der Waals surface area contributed by atoms with Crippen molar-refractivity contribution in [3.8, 4) is 11.5 Å². The van der Waals surface area contributed by atoms with Gasteiger partial charge in [0.05, 0.1) is 24.6 Å². The van der Waals surface area contributed by atoms with Crippen LogP contribution in [-0.2, 0) is 0 Å². The smallest absolute Gasteiger partial charge is 0.255 e. The molecule has 0 aliphatic rings. The van der Waals surface area contributed by atoms with E-state index >= 15 is 0 Å². The Morgan fingerprint density at radius 3 is 1.61 bits per heavy atom. The van der Waals surface area contributed by atoms with Crippen LogP contribution in [0, 0.1) is 6.92 Å². The summed E-state index contributed by atoms with van der Waals surface area (Å²) in [4.78, 5) is 25.4. The number of carbonyl (C=O) groups excluding carboxylic acids is 2. The van der Waals surface area contributed by atoms with Crippen molar-refractivity contribution in [2.24, 2.45) is 0 Å². The number of hydrogen-bond donors (Lipinski definition) is 2. The van der Waals surface area contributed by atoms with Crippen LogP contribution in [0.5, 0.6) is 11.5 Å². The first-order valence-corrected chi connectivity index (χ1v) is 10.2. The molecule has 2 N–H and O–H groups in total. The highest BCUT2D eigenvalue weighted by atomic mass is 16.5. The largest absolute Gasteiger partial charge is 0.492 e. The number of carbonyl (C=O) groups is 2. The first kappa shape index (κ1) is 21.9. The maximum Gasteiger partial charge on any atom is 0.255 e. The third-order valence-corrected chi connectivity index (χ3v) is 4.53. The minimum absolute atomic E-state index is 0.260. The van der Waals surface area contributed by atoms with Gasteiger partial charge in [-0.25, -0.2) is 0 Å². The number of anilines is 2. The summed E-state index contributed by atoms with van der Waals surface area (Å²) in [6.07, 6.45) is 0. The first-order valence-electron chi connectivity index (χ1n) is 10.2. The Hall–Kier alpha value is -3.80. The second-order valence-electron chi connectivity index (χ2n) is 6.85. The Kier molecular flexibility index (Phi) is 7.27. The number of rotatable bonds is 8. The lowest BCUT2D eigenvalue weighted by atomic mass is 10.1. The molecule has 3 aromatic carbocycles. The summed E-state index contributed by atoms with van der Waals surface area (Å²) in [5.41, 5.74) is 3.07. The van der Waals surface area contributed by atoms with Gasteiger partial charge in [-0.15, -0.1) is 0 Å². The SMILES string of the molecule is CCOc1cc(NC(=O)c2ccc(C)cc2)c(OCC)cc1NC(=O)c1ccccc1. The molecular weight excluding hydrogens is 392 g/mol. The number of aryl methyl sites for hydroxylation is 1. The van der Waals surface area contributed by atoms with Gasteiger partial charge < -0.3 is 20.1 Å². The molecule has 0 aliphatic carbocycles. The molecule has 0 fully saturated rings. The molecule has 31 heavy (non-hydrogen) atoms. The Morgan fingerprint density at radius 2 is 1.16 bits per heavy atom. The Balaban J connectivity index is 1.92. The molecule has 2 amide bonds. The fourth-order valence-corrected chi connectivity index (χ4v) is 2.99. The van der Waals surface area contributed by atoms with E-state index in [2.05, 4.69) is 10.6 Å². The predicted octanol–water partition coefficient (Wildman–Crippen LogP) is 5.30. The number of ether oxygens (including phenoxy) is 2. The van der Waals surface area contributed by atoms with Crippen molar-refractivity contribution in [2.45, 2.75) is 20.8 Å². The highest BCUT2D eigenvalue weighted by Gasteiger charge is 2.17. The third-order valence-electron chi connectivity index (χ3n) is 4.53. The fourth-order valence-electron chi connectivity index (χ4n) is 2.99. The molecule has 0 saturated carbocycles. The zero-order chi connectivity index (χ0) is 22.2. The van der Waals surface area contributed by atoms with E-state index < -0.39 is 0 Å². The zero-order valence-corrected chi connectivity index (χ0v) is 17.9. The van der Waals surface area contributed by atoms with Crippen LogP contribution in [0.15, 0.2) is 66.7 Å². The van der Waals surface area contributed by atoms with Gasteiger partial charge in [-0.05, 0) is 45.0 Å². The summed E-state index contributed by atoms with van der Waals surface area (Å²) >= 11 is 0. The highest BCUT2D eigenvalue weighted by molar-refractivity contribution is 6.07. The lowest BCUT2D eigenvalue weighted by molar-refractivity contribution is 0.101. The van der Waals surface area contributed by atoms with Crippen molar-refractivity contribution >= 4 is 23.2 Å². The Bertz CT molecular complexity index is 1050. The maximum absolute atomic E-state index is 12.7. The number of benzene rings is 3. The number of amides is 2. The molecule has 3 aromatic rings. The van der Waals surface area contributed by atoms with Gasteiger partial charge in [0.25, 0.3) is 11.8 Å². The monoisotopic (exact) mass is 418 g/mol. The molecule has 0 bridgehead atoms. The topological polar surface area (TPSA) is 76.7 Å². The third kappa shape index (κ3) is 5.63. The van der Waals surface area contributed by atoms with E-state index in [4.69, 9.17) is 9.47 Å². The van der Waals surface area contributed by atoms with Gasteiger partial charge in [0.2, 0.25) is 0 Å². The molecule has 0 radical (unpaired) electrons. The molecule has 0 saturated heterocycles. The average molecular weight is 418 g/mol. The minimum atomic E-state index is -0.263. The van der Waals surface area contributed by atoms with E-state index in [0.29, 0.717) is 47.2 Å². The molecule has 3 rings (SSSR count). The van der Waals surface area contributed by atoms with Crippen LogP contribution in [0.4, 0.5) is 11.4 Å². The van der Waals surface area contributed by atoms with Gasteiger partial charge in [0.1, 0.15) is 11.5 Å².